The molecule has 3 rings (SSSR count). The lowest BCUT2D eigenvalue weighted by Gasteiger charge is -2.32. The van der Waals surface area contributed by atoms with Crippen LogP contribution in [0, 0.1) is 5.92 Å². The third-order valence-corrected chi connectivity index (χ3v) is 4.92. The molecule has 0 radical (unpaired) electrons. The van der Waals surface area contributed by atoms with Crippen LogP contribution in [-0.4, -0.2) is 42.4 Å². The van der Waals surface area contributed by atoms with Crippen molar-refractivity contribution >= 4 is 35.0 Å². The Morgan fingerprint density at radius 2 is 1.81 bits per heavy atom. The monoisotopic (exact) mass is 375 g/mol. The highest BCUT2D eigenvalue weighted by Crippen LogP contribution is 2.23. The molecule has 2 aromatic carbocycles. The molecule has 1 fully saturated rings. The molecule has 1 heterocycles. The lowest BCUT2D eigenvalue weighted by molar-refractivity contribution is -0.126. The number of fused-ring (bicyclic) bond motifs is 1. The third kappa shape index (κ3) is 4.34. The normalized spacial score (nSPS) is 16.0. The van der Waals surface area contributed by atoms with E-state index in [0.717, 1.165) is 16.3 Å². The molecule has 1 atom stereocenters. The first-order valence-electron chi connectivity index (χ1n) is 8.87. The van der Waals surface area contributed by atoms with Crippen LogP contribution in [0.15, 0.2) is 42.5 Å². The Balaban J connectivity index is 0.00000243. The van der Waals surface area contributed by atoms with Gasteiger partial charge < -0.3 is 16.0 Å². The third-order valence-electron chi connectivity index (χ3n) is 4.92. The van der Waals surface area contributed by atoms with E-state index >= 15 is 0 Å². The van der Waals surface area contributed by atoms with Gasteiger partial charge in [-0.2, -0.15) is 0 Å². The zero-order valence-electron chi connectivity index (χ0n) is 15.0. The highest BCUT2D eigenvalue weighted by Gasteiger charge is 2.28. The van der Waals surface area contributed by atoms with E-state index in [1.165, 1.54) is 0 Å². The van der Waals surface area contributed by atoms with E-state index in [-0.39, 0.29) is 36.2 Å². The lowest BCUT2D eigenvalue weighted by atomic mass is 9.94. The van der Waals surface area contributed by atoms with Crippen molar-refractivity contribution in [3.8, 4) is 0 Å². The second-order valence-electron chi connectivity index (χ2n) is 6.74. The topological polar surface area (TPSA) is 75.4 Å². The number of hydrogen-bond donors (Lipinski definition) is 2. The second kappa shape index (κ2) is 9.01. The lowest BCUT2D eigenvalue weighted by Crippen LogP contribution is -2.46. The minimum atomic E-state index is -0.0365. The van der Waals surface area contributed by atoms with E-state index in [4.69, 9.17) is 5.73 Å². The quantitative estimate of drug-likeness (QED) is 0.862. The van der Waals surface area contributed by atoms with Gasteiger partial charge in [-0.1, -0.05) is 36.4 Å². The summed E-state index contributed by atoms with van der Waals surface area (Å²) in [6.45, 7) is 3.55. The molecular formula is C20H26ClN3O2. The van der Waals surface area contributed by atoms with Crippen LogP contribution in [0.25, 0.3) is 10.8 Å². The Morgan fingerprint density at radius 1 is 1.15 bits per heavy atom. The Kier molecular flexibility index (Phi) is 7.00. The number of halogens is 1. The number of amides is 2. The maximum atomic E-state index is 12.9. The smallest absolute Gasteiger partial charge is 0.254 e. The van der Waals surface area contributed by atoms with Gasteiger partial charge in [-0.15, -0.1) is 12.4 Å². The summed E-state index contributed by atoms with van der Waals surface area (Å²) < 4.78 is 0. The van der Waals surface area contributed by atoms with Crippen LogP contribution in [0.4, 0.5) is 0 Å². The summed E-state index contributed by atoms with van der Waals surface area (Å²) in [4.78, 5) is 27.0. The van der Waals surface area contributed by atoms with Gasteiger partial charge in [-0.25, -0.2) is 0 Å². The van der Waals surface area contributed by atoms with Crippen LogP contribution in [0.2, 0.25) is 0 Å². The Bertz CT molecular complexity index is 767. The van der Waals surface area contributed by atoms with Gasteiger partial charge in [-0.05, 0) is 36.6 Å². The van der Waals surface area contributed by atoms with Gasteiger partial charge in [0.25, 0.3) is 5.91 Å². The van der Waals surface area contributed by atoms with Gasteiger partial charge in [0.05, 0.1) is 0 Å². The van der Waals surface area contributed by atoms with E-state index in [9.17, 15) is 9.59 Å². The predicted molar refractivity (Wildman–Crippen MR) is 106 cm³/mol. The fourth-order valence-corrected chi connectivity index (χ4v) is 3.35. The zero-order valence-corrected chi connectivity index (χ0v) is 15.8. The molecule has 2 aromatic rings. The maximum Gasteiger partial charge on any atom is 0.254 e. The van der Waals surface area contributed by atoms with E-state index in [1.54, 1.807) is 0 Å². The molecule has 26 heavy (non-hydrogen) atoms. The molecule has 140 valence electrons. The number of nitrogens with one attached hydrogen (secondary N) is 1. The highest BCUT2D eigenvalue weighted by atomic mass is 35.5. The molecule has 1 aliphatic rings. The minimum absolute atomic E-state index is 0. The Hall–Kier alpha value is -2.11. The molecule has 3 N–H and O–H groups in total. The zero-order chi connectivity index (χ0) is 17.8. The summed E-state index contributed by atoms with van der Waals surface area (Å²) in [6, 6.07) is 13.7. The largest absolute Gasteiger partial charge is 0.352 e. The number of carbonyl (C=O) groups is 2. The van der Waals surface area contributed by atoms with Crippen LogP contribution < -0.4 is 11.1 Å². The summed E-state index contributed by atoms with van der Waals surface area (Å²) in [5.74, 6) is 0.0618. The molecule has 0 unspecified atom stereocenters. The van der Waals surface area contributed by atoms with Gasteiger partial charge in [0, 0.05) is 37.2 Å². The molecule has 0 spiro atoms. The van der Waals surface area contributed by atoms with Crippen molar-refractivity contribution in [2.75, 3.05) is 19.6 Å². The first-order valence-corrected chi connectivity index (χ1v) is 8.87. The fraction of sp³-hybridized carbons (Fsp3) is 0.400. The van der Waals surface area contributed by atoms with Crippen molar-refractivity contribution in [1.82, 2.24) is 10.2 Å². The summed E-state index contributed by atoms with van der Waals surface area (Å²) in [6.07, 6.45) is 1.39. The number of hydrogen-bond acceptors (Lipinski definition) is 3. The van der Waals surface area contributed by atoms with Gasteiger partial charge in [0.1, 0.15) is 0 Å². The maximum absolute atomic E-state index is 12.9. The number of carbonyl (C=O) groups excluding carboxylic acids is 2. The molecule has 0 saturated carbocycles. The Labute approximate surface area is 160 Å². The highest BCUT2D eigenvalue weighted by molar-refractivity contribution is 6.07. The molecule has 1 saturated heterocycles. The average Bonchev–Trinajstić information content (AvgIpc) is 2.67. The van der Waals surface area contributed by atoms with Crippen LogP contribution in [0.3, 0.4) is 0 Å². The van der Waals surface area contributed by atoms with Crippen molar-refractivity contribution in [3.05, 3.63) is 48.0 Å². The van der Waals surface area contributed by atoms with E-state index < -0.39 is 0 Å². The standard InChI is InChI=1S/C20H25N3O2.ClH/c1-14(13-21)22-19(24)16-9-11-23(12-10-16)20(25)18-8-4-6-15-5-2-3-7-17(15)18;/h2-8,14,16H,9-13,21H2,1H3,(H,22,24);1H/t14-;/m0./s1. The van der Waals surface area contributed by atoms with Gasteiger partial charge in [0.15, 0.2) is 0 Å². The van der Waals surface area contributed by atoms with E-state index in [2.05, 4.69) is 5.32 Å². The molecule has 6 heteroatoms. The summed E-state index contributed by atoms with van der Waals surface area (Å²) in [7, 11) is 0. The molecule has 0 aliphatic carbocycles. The number of likely N-dealkylation sites (tertiary alicyclic amines) is 1. The van der Waals surface area contributed by atoms with Crippen molar-refractivity contribution < 1.29 is 9.59 Å². The van der Waals surface area contributed by atoms with Crippen LogP contribution in [0.5, 0.6) is 0 Å². The summed E-state index contributed by atoms with van der Waals surface area (Å²) in [5, 5.41) is 4.98. The van der Waals surface area contributed by atoms with Crippen molar-refractivity contribution in [2.45, 2.75) is 25.8 Å². The first kappa shape index (κ1) is 20.2. The van der Waals surface area contributed by atoms with Crippen molar-refractivity contribution in [1.29, 1.82) is 0 Å². The number of benzene rings is 2. The minimum Gasteiger partial charge on any atom is -0.352 e. The fourth-order valence-electron chi connectivity index (χ4n) is 3.35. The molecular weight excluding hydrogens is 350 g/mol. The van der Waals surface area contributed by atoms with Gasteiger partial charge >= 0.3 is 0 Å². The van der Waals surface area contributed by atoms with E-state index in [1.807, 2.05) is 54.3 Å². The number of nitrogens with two attached hydrogens (primary N) is 1. The molecule has 0 bridgehead atoms. The van der Waals surface area contributed by atoms with Crippen LogP contribution in [0.1, 0.15) is 30.1 Å². The summed E-state index contributed by atoms with van der Waals surface area (Å²) in [5.41, 5.74) is 6.29. The van der Waals surface area contributed by atoms with Gasteiger partial charge in [-0.3, -0.25) is 9.59 Å². The molecule has 5 nitrogen and oxygen atoms in total. The molecule has 2 amide bonds. The van der Waals surface area contributed by atoms with Gasteiger partial charge in [0.2, 0.25) is 5.91 Å². The Morgan fingerprint density at radius 3 is 2.50 bits per heavy atom. The average molecular weight is 376 g/mol. The molecule has 0 aromatic heterocycles. The summed E-state index contributed by atoms with van der Waals surface area (Å²) >= 11 is 0. The van der Waals surface area contributed by atoms with Crippen LogP contribution >= 0.6 is 12.4 Å². The second-order valence-corrected chi connectivity index (χ2v) is 6.74. The van der Waals surface area contributed by atoms with Crippen LogP contribution in [-0.2, 0) is 4.79 Å². The molecule has 1 aliphatic heterocycles. The van der Waals surface area contributed by atoms with Crippen molar-refractivity contribution in [2.24, 2.45) is 11.7 Å². The predicted octanol–water partition coefficient (Wildman–Crippen LogP) is 2.58. The van der Waals surface area contributed by atoms with E-state index in [0.29, 0.717) is 32.5 Å². The van der Waals surface area contributed by atoms with Crippen molar-refractivity contribution in [3.63, 3.8) is 0 Å². The number of piperidine rings is 1. The number of rotatable bonds is 4. The number of nitrogens with zero attached hydrogens (tertiary/aromatic N) is 1. The SMILES string of the molecule is C[C@@H](CN)NC(=O)C1CCN(C(=O)c2cccc3ccccc23)CC1.Cl. The first-order chi connectivity index (χ1) is 12.1.